The normalized spacial score (nSPS) is 18.5. The number of ether oxygens (including phenoxy) is 3. The van der Waals surface area contributed by atoms with Crippen LogP contribution in [0.5, 0.6) is 5.88 Å². The number of nitrogens with zero attached hydrogens (tertiary/aromatic N) is 4. The number of anilines is 2. The van der Waals surface area contributed by atoms with E-state index in [1.54, 1.807) is 6.20 Å². The van der Waals surface area contributed by atoms with Gasteiger partial charge in [0.2, 0.25) is 0 Å². The van der Waals surface area contributed by atoms with E-state index in [4.69, 9.17) is 19.9 Å². The van der Waals surface area contributed by atoms with E-state index >= 15 is 0 Å². The fourth-order valence-corrected chi connectivity index (χ4v) is 3.38. The van der Waals surface area contributed by atoms with E-state index in [0.29, 0.717) is 24.8 Å². The molecule has 2 fully saturated rings. The van der Waals surface area contributed by atoms with Gasteiger partial charge in [0, 0.05) is 37.2 Å². The number of hydrogen-bond acceptors (Lipinski definition) is 8. The van der Waals surface area contributed by atoms with Gasteiger partial charge in [-0.1, -0.05) is 0 Å². The minimum absolute atomic E-state index is 0.106. The summed E-state index contributed by atoms with van der Waals surface area (Å²) in [6.45, 7) is 6.35. The predicted octanol–water partition coefficient (Wildman–Crippen LogP) is 1.82. The van der Waals surface area contributed by atoms with Crippen molar-refractivity contribution < 1.29 is 14.2 Å². The Morgan fingerprint density at radius 2 is 1.81 bits per heavy atom. The molecule has 144 valence electrons. The molecule has 2 aliphatic rings. The van der Waals surface area contributed by atoms with Crippen LogP contribution in [0, 0.1) is 6.92 Å². The van der Waals surface area contributed by atoms with Crippen LogP contribution in [0.1, 0.15) is 18.5 Å². The van der Waals surface area contributed by atoms with Crippen molar-refractivity contribution in [3.8, 4) is 17.1 Å². The van der Waals surface area contributed by atoms with Crippen LogP contribution in [0.2, 0.25) is 0 Å². The zero-order valence-corrected chi connectivity index (χ0v) is 15.6. The molecule has 0 atom stereocenters. The van der Waals surface area contributed by atoms with Gasteiger partial charge in [0.25, 0.3) is 5.88 Å². The number of nitrogens with two attached hydrogens (primary N) is 1. The van der Waals surface area contributed by atoms with Gasteiger partial charge < -0.3 is 24.8 Å². The number of pyridine rings is 1. The quantitative estimate of drug-likeness (QED) is 0.870. The van der Waals surface area contributed by atoms with Crippen molar-refractivity contribution in [2.24, 2.45) is 0 Å². The summed E-state index contributed by atoms with van der Waals surface area (Å²) in [5.74, 6) is 0.571. The molecule has 0 aliphatic carbocycles. The topological polar surface area (TPSA) is 95.6 Å². The molecule has 4 heterocycles. The van der Waals surface area contributed by atoms with E-state index in [0.717, 1.165) is 61.8 Å². The average Bonchev–Trinajstić information content (AvgIpc) is 2.72. The summed E-state index contributed by atoms with van der Waals surface area (Å²) in [6.07, 6.45) is 3.49. The Morgan fingerprint density at radius 1 is 1.07 bits per heavy atom. The molecule has 0 spiro atoms. The number of morpholine rings is 1. The van der Waals surface area contributed by atoms with Gasteiger partial charge in [-0.3, -0.25) is 4.98 Å². The molecule has 0 amide bonds. The molecule has 8 nitrogen and oxygen atoms in total. The average molecular weight is 371 g/mol. The maximum absolute atomic E-state index is 6.21. The minimum atomic E-state index is 0.106. The molecule has 4 rings (SSSR count). The Hall–Kier alpha value is -2.45. The highest BCUT2D eigenvalue weighted by Crippen LogP contribution is 2.33. The van der Waals surface area contributed by atoms with Gasteiger partial charge in [-0.2, -0.15) is 0 Å². The smallest absolute Gasteiger partial charge is 0.257 e. The summed E-state index contributed by atoms with van der Waals surface area (Å²) in [5.41, 5.74) is 9.96. The highest BCUT2D eigenvalue weighted by molar-refractivity contribution is 5.70. The van der Waals surface area contributed by atoms with Crippen LogP contribution in [0.15, 0.2) is 18.3 Å². The molecule has 2 saturated heterocycles. The second kappa shape index (κ2) is 8.06. The van der Waals surface area contributed by atoms with E-state index in [9.17, 15) is 0 Å². The first-order valence-electron chi connectivity index (χ1n) is 9.38. The van der Waals surface area contributed by atoms with E-state index in [1.165, 1.54) is 0 Å². The Morgan fingerprint density at radius 3 is 2.59 bits per heavy atom. The molecular weight excluding hydrogens is 346 g/mol. The van der Waals surface area contributed by atoms with Crippen molar-refractivity contribution in [2.45, 2.75) is 25.9 Å². The largest absolute Gasteiger partial charge is 0.472 e. The second-order valence-corrected chi connectivity index (χ2v) is 6.85. The van der Waals surface area contributed by atoms with Gasteiger partial charge in [0.1, 0.15) is 11.8 Å². The highest BCUT2D eigenvalue weighted by Gasteiger charge is 2.23. The zero-order chi connectivity index (χ0) is 18.6. The fourth-order valence-electron chi connectivity index (χ4n) is 3.38. The monoisotopic (exact) mass is 371 g/mol. The SMILES string of the molecule is Cc1ncc(N)cc1-c1cc(N2CCOCC2)c(OC2CCOCC2)nn1. The summed E-state index contributed by atoms with van der Waals surface area (Å²) in [5, 5.41) is 8.84. The molecule has 2 aromatic rings. The zero-order valence-electron chi connectivity index (χ0n) is 15.6. The summed E-state index contributed by atoms with van der Waals surface area (Å²) in [6, 6.07) is 3.91. The van der Waals surface area contributed by atoms with Crippen LogP contribution in [0.4, 0.5) is 11.4 Å². The molecule has 0 radical (unpaired) electrons. The Balaban J connectivity index is 1.69. The van der Waals surface area contributed by atoms with Crippen LogP contribution >= 0.6 is 0 Å². The van der Waals surface area contributed by atoms with E-state index in [1.807, 2.05) is 19.1 Å². The molecule has 0 aromatic carbocycles. The number of aryl methyl sites for hydroxylation is 1. The second-order valence-electron chi connectivity index (χ2n) is 6.85. The third-order valence-corrected chi connectivity index (χ3v) is 4.92. The summed E-state index contributed by atoms with van der Waals surface area (Å²) in [4.78, 5) is 6.58. The van der Waals surface area contributed by atoms with Gasteiger partial charge >= 0.3 is 0 Å². The third kappa shape index (κ3) is 4.12. The minimum Gasteiger partial charge on any atom is -0.472 e. The Kier molecular flexibility index (Phi) is 5.35. The number of hydrogen-bond donors (Lipinski definition) is 1. The van der Waals surface area contributed by atoms with Gasteiger partial charge in [0.05, 0.1) is 44.0 Å². The molecule has 0 unspecified atom stereocenters. The van der Waals surface area contributed by atoms with Crippen molar-refractivity contribution in [1.29, 1.82) is 0 Å². The maximum atomic E-state index is 6.21. The number of rotatable bonds is 4. The van der Waals surface area contributed by atoms with Gasteiger partial charge in [-0.25, -0.2) is 0 Å². The standard InChI is InChI=1S/C19H25N5O3/c1-13-16(10-14(20)12-21-13)17-11-18(24-4-8-26-9-5-24)19(23-22-17)27-15-2-6-25-7-3-15/h10-12,15H,2-9,20H2,1H3. The highest BCUT2D eigenvalue weighted by atomic mass is 16.5. The third-order valence-electron chi connectivity index (χ3n) is 4.92. The lowest BCUT2D eigenvalue weighted by Crippen LogP contribution is -2.37. The molecule has 0 saturated carbocycles. The first-order valence-corrected chi connectivity index (χ1v) is 9.38. The first kappa shape index (κ1) is 17.9. The summed E-state index contributed by atoms with van der Waals surface area (Å²) >= 11 is 0. The van der Waals surface area contributed by atoms with Crippen LogP contribution in [-0.2, 0) is 9.47 Å². The van der Waals surface area contributed by atoms with Crippen LogP contribution in [-0.4, -0.2) is 60.8 Å². The van der Waals surface area contributed by atoms with Gasteiger partial charge in [-0.05, 0) is 19.1 Å². The Bertz CT molecular complexity index is 789. The maximum Gasteiger partial charge on any atom is 0.257 e. The lowest BCUT2D eigenvalue weighted by molar-refractivity contribution is 0.0234. The molecule has 27 heavy (non-hydrogen) atoms. The number of aromatic nitrogens is 3. The molecule has 8 heteroatoms. The van der Waals surface area contributed by atoms with Crippen molar-refractivity contribution in [3.05, 3.63) is 24.0 Å². The van der Waals surface area contributed by atoms with Crippen molar-refractivity contribution in [2.75, 3.05) is 50.2 Å². The fraction of sp³-hybridized carbons (Fsp3) is 0.526. The van der Waals surface area contributed by atoms with Crippen LogP contribution in [0.3, 0.4) is 0 Å². The van der Waals surface area contributed by atoms with Crippen LogP contribution in [0.25, 0.3) is 11.3 Å². The molecular formula is C19H25N5O3. The van der Waals surface area contributed by atoms with E-state index in [2.05, 4.69) is 20.1 Å². The summed E-state index contributed by atoms with van der Waals surface area (Å²) < 4.78 is 17.1. The van der Waals surface area contributed by atoms with Crippen molar-refractivity contribution in [3.63, 3.8) is 0 Å². The van der Waals surface area contributed by atoms with Crippen LogP contribution < -0.4 is 15.4 Å². The number of nitrogen functional groups attached to an aromatic ring is 1. The molecule has 2 aliphatic heterocycles. The summed E-state index contributed by atoms with van der Waals surface area (Å²) in [7, 11) is 0. The van der Waals surface area contributed by atoms with Crippen molar-refractivity contribution >= 4 is 11.4 Å². The molecule has 2 N–H and O–H groups in total. The lowest BCUT2D eigenvalue weighted by atomic mass is 10.1. The van der Waals surface area contributed by atoms with Gasteiger partial charge in [0.15, 0.2) is 0 Å². The van der Waals surface area contributed by atoms with E-state index in [-0.39, 0.29) is 6.10 Å². The Labute approximate surface area is 158 Å². The predicted molar refractivity (Wildman–Crippen MR) is 102 cm³/mol. The van der Waals surface area contributed by atoms with Crippen molar-refractivity contribution in [1.82, 2.24) is 15.2 Å². The van der Waals surface area contributed by atoms with E-state index < -0.39 is 0 Å². The first-order chi connectivity index (χ1) is 13.2. The molecule has 2 aromatic heterocycles. The van der Waals surface area contributed by atoms with Gasteiger partial charge in [-0.15, -0.1) is 10.2 Å². The molecule has 0 bridgehead atoms. The lowest BCUT2D eigenvalue weighted by Gasteiger charge is -2.31.